The van der Waals surface area contributed by atoms with E-state index in [4.69, 9.17) is 9.47 Å². The van der Waals surface area contributed by atoms with Gasteiger partial charge in [-0.05, 0) is 42.0 Å². The first kappa shape index (κ1) is 21.5. The molecule has 0 aromatic heterocycles. The molecule has 0 unspecified atom stereocenters. The average Bonchev–Trinajstić information content (AvgIpc) is 2.75. The summed E-state index contributed by atoms with van der Waals surface area (Å²) >= 11 is 0. The normalized spacial score (nSPS) is 10.3. The van der Waals surface area contributed by atoms with Gasteiger partial charge in [0, 0.05) is 17.8 Å². The lowest BCUT2D eigenvalue weighted by atomic mass is 10.1. The number of carbonyl (C=O) groups excluding carboxylic acids is 3. The van der Waals surface area contributed by atoms with Crippen LogP contribution < -0.4 is 14.8 Å². The Morgan fingerprint density at radius 1 is 0.759 bits per heavy atom. The van der Waals surface area contributed by atoms with Crippen LogP contribution in [0.3, 0.4) is 0 Å². The molecule has 0 atom stereocenters. The molecule has 0 saturated heterocycles. The number of carbonyl (C=O) groups is 3. The van der Waals surface area contributed by atoms with Crippen molar-refractivity contribution in [2.24, 2.45) is 0 Å². The van der Waals surface area contributed by atoms with Crippen LogP contribution in [0.1, 0.15) is 26.3 Å². The number of ether oxygens (including phenoxy) is 4. The fourth-order valence-corrected chi connectivity index (χ4v) is 2.45. The number of rotatable bonds is 7. The first-order chi connectivity index (χ1) is 13.9. The summed E-state index contributed by atoms with van der Waals surface area (Å²) in [6.45, 7) is 0. The van der Waals surface area contributed by atoms with Gasteiger partial charge in [0.05, 0.1) is 39.6 Å². The summed E-state index contributed by atoms with van der Waals surface area (Å²) < 4.78 is 19.7. The van der Waals surface area contributed by atoms with Crippen LogP contribution in [-0.2, 0) is 14.3 Å². The molecule has 2 aromatic carbocycles. The first-order valence-electron chi connectivity index (χ1n) is 8.44. The number of hydrogen-bond donors (Lipinski definition) is 1. The van der Waals surface area contributed by atoms with Crippen molar-refractivity contribution in [2.75, 3.05) is 33.8 Å². The fourth-order valence-electron chi connectivity index (χ4n) is 2.45. The molecule has 1 amide bonds. The van der Waals surface area contributed by atoms with Crippen LogP contribution >= 0.6 is 0 Å². The zero-order valence-corrected chi connectivity index (χ0v) is 16.5. The monoisotopic (exact) mass is 399 g/mol. The Bertz CT molecular complexity index is 894. The third-order valence-corrected chi connectivity index (χ3v) is 3.84. The Morgan fingerprint density at radius 3 is 1.72 bits per heavy atom. The van der Waals surface area contributed by atoms with Crippen molar-refractivity contribution in [3.05, 3.63) is 59.2 Å². The number of esters is 2. The maximum atomic E-state index is 12.3. The topological polar surface area (TPSA) is 100 Å². The molecule has 8 nitrogen and oxygen atoms in total. The van der Waals surface area contributed by atoms with E-state index in [-0.39, 0.29) is 16.8 Å². The minimum atomic E-state index is -0.648. The van der Waals surface area contributed by atoms with Crippen molar-refractivity contribution in [2.45, 2.75) is 0 Å². The van der Waals surface area contributed by atoms with E-state index in [0.29, 0.717) is 17.1 Å². The van der Waals surface area contributed by atoms with Crippen molar-refractivity contribution >= 4 is 29.6 Å². The lowest BCUT2D eigenvalue weighted by Gasteiger charge is -2.08. The summed E-state index contributed by atoms with van der Waals surface area (Å²) in [5.74, 6) is -0.601. The summed E-state index contributed by atoms with van der Waals surface area (Å²) in [7, 11) is 5.50. The van der Waals surface area contributed by atoms with E-state index in [1.54, 1.807) is 24.3 Å². The summed E-state index contributed by atoms with van der Waals surface area (Å²) in [6, 6.07) is 9.31. The first-order valence-corrected chi connectivity index (χ1v) is 8.44. The van der Waals surface area contributed by atoms with Crippen LogP contribution in [0.2, 0.25) is 0 Å². The van der Waals surface area contributed by atoms with Crippen LogP contribution in [0.15, 0.2) is 42.5 Å². The SMILES string of the molecule is COC(=O)c1cc(NC(=O)/C=C\c2cc(OC)cc(OC)c2)cc(C(=O)OC)c1. The number of benzene rings is 2. The van der Waals surface area contributed by atoms with Crippen molar-refractivity contribution in [1.82, 2.24) is 0 Å². The van der Waals surface area contributed by atoms with Crippen LogP contribution in [0.5, 0.6) is 11.5 Å². The molecule has 0 spiro atoms. The summed E-state index contributed by atoms with van der Waals surface area (Å²) in [5, 5.41) is 2.60. The Balaban J connectivity index is 2.24. The Kier molecular flexibility index (Phi) is 7.36. The van der Waals surface area contributed by atoms with Gasteiger partial charge in [0.1, 0.15) is 11.5 Å². The molecule has 0 radical (unpaired) electrons. The minimum Gasteiger partial charge on any atom is -0.497 e. The van der Waals surface area contributed by atoms with Crippen LogP contribution in [0, 0.1) is 0 Å². The highest BCUT2D eigenvalue weighted by Gasteiger charge is 2.14. The molecule has 0 aliphatic carbocycles. The van der Waals surface area contributed by atoms with Gasteiger partial charge in [0.25, 0.3) is 0 Å². The van der Waals surface area contributed by atoms with Gasteiger partial charge < -0.3 is 24.3 Å². The van der Waals surface area contributed by atoms with E-state index < -0.39 is 17.8 Å². The van der Waals surface area contributed by atoms with Crippen LogP contribution in [0.4, 0.5) is 5.69 Å². The molecule has 0 saturated carbocycles. The van der Waals surface area contributed by atoms with Gasteiger partial charge >= 0.3 is 11.9 Å². The molecule has 0 aliphatic rings. The van der Waals surface area contributed by atoms with Gasteiger partial charge in [-0.3, -0.25) is 4.79 Å². The third kappa shape index (κ3) is 5.83. The smallest absolute Gasteiger partial charge is 0.337 e. The molecule has 2 rings (SSSR count). The van der Waals surface area contributed by atoms with Gasteiger partial charge in [-0.1, -0.05) is 0 Å². The molecule has 152 valence electrons. The van der Waals surface area contributed by atoms with Crippen molar-refractivity contribution in [3.8, 4) is 11.5 Å². The second kappa shape index (κ2) is 9.93. The standard InChI is InChI=1S/C21H21NO7/c1-26-17-7-13(8-18(12-17)27-2)5-6-19(23)22-16-10-14(20(24)28-3)9-15(11-16)21(25)29-4/h5-12H,1-4H3,(H,22,23)/b6-5-. The number of nitrogens with one attached hydrogen (secondary N) is 1. The Hall–Kier alpha value is -3.81. The fraction of sp³-hybridized carbons (Fsp3) is 0.190. The Morgan fingerprint density at radius 2 is 1.28 bits per heavy atom. The van der Waals surface area contributed by atoms with Gasteiger partial charge in [-0.25, -0.2) is 9.59 Å². The van der Waals surface area contributed by atoms with E-state index >= 15 is 0 Å². The largest absolute Gasteiger partial charge is 0.497 e. The summed E-state index contributed by atoms with van der Waals surface area (Å²) in [6.07, 6.45) is 2.88. The predicted molar refractivity (Wildman–Crippen MR) is 106 cm³/mol. The zero-order chi connectivity index (χ0) is 21.4. The highest BCUT2D eigenvalue weighted by atomic mass is 16.5. The third-order valence-electron chi connectivity index (χ3n) is 3.84. The lowest BCUT2D eigenvalue weighted by molar-refractivity contribution is -0.111. The van der Waals surface area contributed by atoms with Crippen molar-refractivity contribution in [3.63, 3.8) is 0 Å². The molecule has 1 N–H and O–H groups in total. The second-order valence-electron chi connectivity index (χ2n) is 5.75. The van der Waals surface area contributed by atoms with Crippen molar-refractivity contribution < 1.29 is 33.3 Å². The number of anilines is 1. The summed E-state index contributed by atoms with van der Waals surface area (Å²) in [4.78, 5) is 35.9. The Labute approximate surface area is 168 Å². The minimum absolute atomic E-state index is 0.104. The van der Waals surface area contributed by atoms with E-state index in [1.165, 1.54) is 52.7 Å². The summed E-state index contributed by atoms with van der Waals surface area (Å²) in [5.41, 5.74) is 1.14. The molecule has 0 aliphatic heterocycles. The van der Waals surface area contributed by atoms with E-state index in [9.17, 15) is 14.4 Å². The van der Waals surface area contributed by atoms with Crippen LogP contribution in [-0.4, -0.2) is 46.3 Å². The second-order valence-corrected chi connectivity index (χ2v) is 5.75. The quantitative estimate of drug-likeness (QED) is 0.564. The zero-order valence-electron chi connectivity index (χ0n) is 16.5. The van der Waals surface area contributed by atoms with Gasteiger partial charge in [0.15, 0.2) is 0 Å². The molecule has 0 bridgehead atoms. The number of amides is 1. The maximum absolute atomic E-state index is 12.3. The van der Waals surface area contributed by atoms with Gasteiger partial charge in [0.2, 0.25) is 5.91 Å². The molecule has 0 fully saturated rings. The van der Waals surface area contributed by atoms with E-state index in [2.05, 4.69) is 14.8 Å². The highest BCUT2D eigenvalue weighted by Crippen LogP contribution is 2.23. The molecule has 29 heavy (non-hydrogen) atoms. The van der Waals surface area contributed by atoms with E-state index in [1.807, 2.05) is 0 Å². The van der Waals surface area contributed by atoms with Crippen molar-refractivity contribution in [1.29, 1.82) is 0 Å². The molecular weight excluding hydrogens is 378 g/mol. The molecular formula is C21H21NO7. The number of methoxy groups -OCH3 is 4. The van der Waals surface area contributed by atoms with Gasteiger partial charge in [-0.2, -0.15) is 0 Å². The predicted octanol–water partition coefficient (Wildman–Crippen LogP) is 2.93. The van der Waals surface area contributed by atoms with Crippen LogP contribution in [0.25, 0.3) is 6.08 Å². The molecule has 2 aromatic rings. The molecule has 0 heterocycles. The van der Waals surface area contributed by atoms with E-state index in [0.717, 1.165) is 0 Å². The number of hydrogen-bond acceptors (Lipinski definition) is 7. The highest BCUT2D eigenvalue weighted by molar-refractivity contribution is 6.04. The molecule has 8 heteroatoms. The van der Waals surface area contributed by atoms with Gasteiger partial charge in [-0.15, -0.1) is 0 Å². The lowest BCUT2D eigenvalue weighted by Crippen LogP contribution is -2.12. The maximum Gasteiger partial charge on any atom is 0.337 e. The average molecular weight is 399 g/mol.